The fourth-order valence-corrected chi connectivity index (χ4v) is 1.50. The van der Waals surface area contributed by atoms with E-state index in [9.17, 15) is 4.79 Å². The third-order valence-corrected chi connectivity index (χ3v) is 2.36. The van der Waals surface area contributed by atoms with Crippen LogP contribution in [0.15, 0.2) is 16.9 Å². The number of nitrogens with one attached hydrogen (secondary N) is 1. The molecule has 1 rings (SSSR count). The maximum atomic E-state index is 12.0. The van der Waals surface area contributed by atoms with Gasteiger partial charge in [-0.05, 0) is 20.0 Å². The molecular weight excluding hydrogens is 192 g/mol. The number of hydrogen-bond acceptors (Lipinski definition) is 3. The molecule has 0 aromatic carbocycles. The second-order valence-electron chi connectivity index (χ2n) is 3.48. The van der Waals surface area contributed by atoms with Gasteiger partial charge in [0.2, 0.25) is 0 Å². The first kappa shape index (κ1) is 11.9. The van der Waals surface area contributed by atoms with Crippen LogP contribution in [0, 0.1) is 6.92 Å². The standard InChI is InChI=1S/C11H18N2O2/c1-9-4-5-10(8-12-2)11(14)13(9)6-7-15-3/h4-5,12H,6-8H2,1-3H3. The van der Waals surface area contributed by atoms with Crippen molar-refractivity contribution in [1.82, 2.24) is 9.88 Å². The van der Waals surface area contributed by atoms with E-state index in [1.807, 2.05) is 26.1 Å². The van der Waals surface area contributed by atoms with Crippen LogP contribution in [0.5, 0.6) is 0 Å². The number of methoxy groups -OCH3 is 1. The lowest BCUT2D eigenvalue weighted by molar-refractivity contribution is 0.185. The lowest BCUT2D eigenvalue weighted by Crippen LogP contribution is -2.28. The van der Waals surface area contributed by atoms with Gasteiger partial charge in [-0.15, -0.1) is 0 Å². The fraction of sp³-hybridized carbons (Fsp3) is 0.545. The van der Waals surface area contributed by atoms with Crippen molar-refractivity contribution < 1.29 is 4.74 Å². The number of nitrogens with zero attached hydrogens (tertiary/aromatic N) is 1. The van der Waals surface area contributed by atoms with E-state index in [2.05, 4.69) is 5.32 Å². The Morgan fingerprint density at radius 2 is 2.20 bits per heavy atom. The van der Waals surface area contributed by atoms with Gasteiger partial charge in [-0.1, -0.05) is 6.07 Å². The smallest absolute Gasteiger partial charge is 0.255 e. The van der Waals surface area contributed by atoms with Crippen LogP contribution >= 0.6 is 0 Å². The van der Waals surface area contributed by atoms with E-state index in [4.69, 9.17) is 4.74 Å². The number of aromatic nitrogens is 1. The van der Waals surface area contributed by atoms with E-state index in [1.165, 1.54) is 0 Å². The lowest BCUT2D eigenvalue weighted by atomic mass is 10.2. The molecule has 0 aliphatic rings. The van der Waals surface area contributed by atoms with Crippen molar-refractivity contribution in [1.29, 1.82) is 0 Å². The van der Waals surface area contributed by atoms with E-state index in [0.29, 0.717) is 19.7 Å². The van der Waals surface area contributed by atoms with E-state index in [1.54, 1.807) is 11.7 Å². The summed E-state index contributed by atoms with van der Waals surface area (Å²) < 4.78 is 6.73. The van der Waals surface area contributed by atoms with Gasteiger partial charge < -0.3 is 14.6 Å². The number of pyridine rings is 1. The van der Waals surface area contributed by atoms with Crippen LogP contribution in [0.3, 0.4) is 0 Å². The summed E-state index contributed by atoms with van der Waals surface area (Å²) in [5, 5.41) is 2.98. The largest absolute Gasteiger partial charge is 0.383 e. The first-order chi connectivity index (χ1) is 7.20. The second kappa shape index (κ2) is 5.68. The van der Waals surface area contributed by atoms with Crippen molar-refractivity contribution in [2.45, 2.75) is 20.0 Å². The predicted octanol–water partition coefficient (Wildman–Crippen LogP) is 0.523. The van der Waals surface area contributed by atoms with E-state index in [-0.39, 0.29) is 5.56 Å². The van der Waals surface area contributed by atoms with E-state index >= 15 is 0 Å². The lowest BCUT2D eigenvalue weighted by Gasteiger charge is -2.11. The zero-order valence-electron chi connectivity index (χ0n) is 9.54. The van der Waals surface area contributed by atoms with Crippen molar-refractivity contribution in [2.24, 2.45) is 0 Å². The summed E-state index contributed by atoms with van der Waals surface area (Å²) in [5.74, 6) is 0. The van der Waals surface area contributed by atoms with Crippen molar-refractivity contribution in [3.8, 4) is 0 Å². The maximum Gasteiger partial charge on any atom is 0.255 e. The SMILES string of the molecule is CNCc1ccc(C)n(CCOC)c1=O. The highest BCUT2D eigenvalue weighted by molar-refractivity contribution is 5.15. The molecule has 0 fully saturated rings. The highest BCUT2D eigenvalue weighted by Crippen LogP contribution is 1.98. The molecule has 84 valence electrons. The summed E-state index contributed by atoms with van der Waals surface area (Å²) in [6.07, 6.45) is 0. The Hall–Kier alpha value is -1.13. The first-order valence-corrected chi connectivity index (χ1v) is 5.03. The highest BCUT2D eigenvalue weighted by Gasteiger charge is 2.04. The molecule has 1 aromatic heterocycles. The average molecular weight is 210 g/mol. The van der Waals surface area contributed by atoms with Gasteiger partial charge in [0.25, 0.3) is 5.56 Å². The Labute approximate surface area is 89.9 Å². The van der Waals surface area contributed by atoms with Crippen LogP contribution in [0.4, 0.5) is 0 Å². The molecule has 4 heteroatoms. The van der Waals surface area contributed by atoms with Crippen LogP contribution in [0.2, 0.25) is 0 Å². The molecule has 0 saturated heterocycles. The van der Waals surface area contributed by atoms with Gasteiger partial charge >= 0.3 is 0 Å². The average Bonchev–Trinajstić information content (AvgIpc) is 2.22. The molecule has 1 aromatic rings. The molecule has 0 radical (unpaired) electrons. The molecule has 0 saturated carbocycles. The molecule has 0 spiro atoms. The van der Waals surface area contributed by atoms with Crippen molar-refractivity contribution in [3.05, 3.63) is 33.7 Å². The molecule has 0 aliphatic heterocycles. The van der Waals surface area contributed by atoms with Gasteiger partial charge in [-0.3, -0.25) is 4.79 Å². The van der Waals surface area contributed by atoms with Crippen LogP contribution in [-0.2, 0) is 17.8 Å². The molecule has 1 N–H and O–H groups in total. The summed E-state index contributed by atoms with van der Waals surface area (Å²) in [5.41, 5.74) is 1.83. The third kappa shape index (κ3) is 2.91. The minimum absolute atomic E-state index is 0.0707. The molecule has 0 amide bonds. The van der Waals surface area contributed by atoms with E-state index in [0.717, 1.165) is 11.3 Å². The monoisotopic (exact) mass is 210 g/mol. The topological polar surface area (TPSA) is 43.3 Å². The number of aryl methyl sites for hydroxylation is 1. The van der Waals surface area contributed by atoms with Crippen molar-refractivity contribution >= 4 is 0 Å². The molecule has 4 nitrogen and oxygen atoms in total. The van der Waals surface area contributed by atoms with Gasteiger partial charge in [0.05, 0.1) is 6.61 Å². The Morgan fingerprint density at radius 1 is 1.47 bits per heavy atom. The predicted molar refractivity (Wildman–Crippen MR) is 60.1 cm³/mol. The van der Waals surface area contributed by atoms with Crippen molar-refractivity contribution in [3.63, 3.8) is 0 Å². The van der Waals surface area contributed by atoms with E-state index < -0.39 is 0 Å². The summed E-state index contributed by atoms with van der Waals surface area (Å²) >= 11 is 0. The Balaban J connectivity index is 3.01. The van der Waals surface area contributed by atoms with Gasteiger partial charge in [0, 0.05) is 31.5 Å². The molecular formula is C11H18N2O2. The quantitative estimate of drug-likeness (QED) is 0.770. The summed E-state index contributed by atoms with van der Waals surface area (Å²) in [6.45, 7) is 3.70. The van der Waals surface area contributed by atoms with Crippen LogP contribution in [0.1, 0.15) is 11.3 Å². The third-order valence-electron chi connectivity index (χ3n) is 2.36. The molecule has 15 heavy (non-hydrogen) atoms. The van der Waals surface area contributed by atoms with Gasteiger partial charge in [0.15, 0.2) is 0 Å². The highest BCUT2D eigenvalue weighted by atomic mass is 16.5. The summed E-state index contributed by atoms with van der Waals surface area (Å²) in [7, 11) is 3.47. The Kier molecular flexibility index (Phi) is 4.52. The molecule has 0 aliphatic carbocycles. The first-order valence-electron chi connectivity index (χ1n) is 5.03. The molecule has 0 bridgehead atoms. The van der Waals surface area contributed by atoms with Gasteiger partial charge in [0.1, 0.15) is 0 Å². The molecule has 1 heterocycles. The number of rotatable bonds is 5. The molecule has 0 atom stereocenters. The Morgan fingerprint density at radius 3 is 2.80 bits per heavy atom. The van der Waals surface area contributed by atoms with Crippen molar-refractivity contribution in [2.75, 3.05) is 20.8 Å². The number of ether oxygens (including phenoxy) is 1. The number of hydrogen-bond donors (Lipinski definition) is 1. The molecule has 0 unspecified atom stereocenters. The second-order valence-corrected chi connectivity index (χ2v) is 3.48. The zero-order chi connectivity index (χ0) is 11.3. The summed E-state index contributed by atoms with van der Waals surface area (Å²) in [4.78, 5) is 12.0. The normalized spacial score (nSPS) is 10.6. The van der Waals surface area contributed by atoms with Gasteiger partial charge in [-0.25, -0.2) is 0 Å². The van der Waals surface area contributed by atoms with Crippen LogP contribution < -0.4 is 10.9 Å². The van der Waals surface area contributed by atoms with Gasteiger partial charge in [-0.2, -0.15) is 0 Å². The Bertz CT molecular complexity index is 371. The fourth-order valence-electron chi connectivity index (χ4n) is 1.50. The maximum absolute atomic E-state index is 12.0. The zero-order valence-corrected chi connectivity index (χ0v) is 9.54. The minimum atomic E-state index is 0.0707. The van der Waals surface area contributed by atoms with Crippen LogP contribution in [-0.4, -0.2) is 25.3 Å². The van der Waals surface area contributed by atoms with Crippen LogP contribution in [0.25, 0.3) is 0 Å². The summed E-state index contributed by atoms with van der Waals surface area (Å²) in [6, 6.07) is 3.83. The minimum Gasteiger partial charge on any atom is -0.383 e.